The summed E-state index contributed by atoms with van der Waals surface area (Å²) in [6.45, 7) is 7.07. The first kappa shape index (κ1) is 30.9. The second-order valence-corrected chi connectivity index (χ2v) is 13.1. The first-order valence-electron chi connectivity index (χ1n) is 14.3. The van der Waals surface area contributed by atoms with Crippen molar-refractivity contribution in [3.05, 3.63) is 64.3 Å². The smallest absolute Gasteiger partial charge is 0.255 e. The highest BCUT2D eigenvalue weighted by Gasteiger charge is 2.63. The number of pyridine rings is 1. The molecule has 0 unspecified atom stereocenters. The van der Waals surface area contributed by atoms with Gasteiger partial charge in [0.15, 0.2) is 11.4 Å². The number of aromatic hydroxyl groups is 1. The van der Waals surface area contributed by atoms with Gasteiger partial charge in [-0.1, -0.05) is 20.8 Å². The molecule has 0 saturated heterocycles. The number of hydrogen-bond acceptors (Lipinski definition) is 10. The van der Waals surface area contributed by atoms with E-state index in [4.69, 9.17) is 5.73 Å². The Hall–Kier alpha value is -4.55. The highest BCUT2D eigenvalue weighted by Crippen LogP contribution is 2.53. The average Bonchev–Trinajstić information content (AvgIpc) is 2.93. The number of primary amides is 1. The van der Waals surface area contributed by atoms with Crippen molar-refractivity contribution in [3.8, 4) is 17.0 Å². The number of ketones is 2. The lowest BCUT2D eigenvalue weighted by Gasteiger charge is -2.50. The minimum atomic E-state index is -2.68. The monoisotopic (exact) mass is 603 g/mol. The third-order valence-corrected chi connectivity index (χ3v) is 8.57. The van der Waals surface area contributed by atoms with Crippen LogP contribution in [0.5, 0.6) is 5.75 Å². The van der Waals surface area contributed by atoms with E-state index in [1.807, 2.05) is 0 Å². The quantitative estimate of drug-likeness (QED) is 0.162. The Morgan fingerprint density at radius 2 is 1.89 bits per heavy atom. The predicted molar refractivity (Wildman–Crippen MR) is 163 cm³/mol. The number of nitrogens with zero attached hydrogens (tertiary/aromatic N) is 3. The van der Waals surface area contributed by atoms with Crippen molar-refractivity contribution in [2.45, 2.75) is 45.3 Å². The number of aromatic nitrogens is 1. The van der Waals surface area contributed by atoms with Gasteiger partial charge in [-0.2, -0.15) is 0 Å². The number of fused-ring (bicyclic) bond motifs is 3. The van der Waals surface area contributed by atoms with E-state index in [0.717, 1.165) is 6.54 Å². The summed E-state index contributed by atoms with van der Waals surface area (Å²) >= 11 is 0. The molecule has 7 N–H and O–H groups in total. The molecule has 0 aliphatic heterocycles. The van der Waals surface area contributed by atoms with Crippen LogP contribution in [0, 0.1) is 17.3 Å². The van der Waals surface area contributed by atoms with Gasteiger partial charge in [0.25, 0.3) is 5.91 Å². The van der Waals surface area contributed by atoms with Crippen LogP contribution >= 0.6 is 0 Å². The summed E-state index contributed by atoms with van der Waals surface area (Å²) in [7, 11) is 3.17. The number of rotatable bonds is 6. The molecule has 12 heteroatoms. The maximum absolute atomic E-state index is 13.9. The number of phenolic OH excluding ortho intramolecular Hbond substituents is 1. The van der Waals surface area contributed by atoms with Gasteiger partial charge in [-0.05, 0) is 68.1 Å². The molecular formula is C32H37N5O7. The van der Waals surface area contributed by atoms with Gasteiger partial charge in [-0.3, -0.25) is 24.3 Å². The number of Topliss-reactive ketones (excluding diaryl/α,β-unsaturated/α-hetero) is 2. The molecule has 1 amide bonds. The van der Waals surface area contributed by atoms with Crippen molar-refractivity contribution in [1.29, 1.82) is 0 Å². The Morgan fingerprint density at radius 1 is 1.18 bits per heavy atom. The molecule has 0 saturated carbocycles. The SMILES string of the molecule is CN(C)[C@H]1C(O)=C(C(N)=O)C(=O)[C@@]2(O)C(O)=C3C(=O)c4c(O)ccc(-c5ccc(/N=C\NCC(C)(C)C)cn5)c4C[C@H]3C[C@@H]12. The largest absolute Gasteiger partial charge is 0.510 e. The highest BCUT2D eigenvalue weighted by atomic mass is 16.3. The van der Waals surface area contributed by atoms with E-state index in [0.29, 0.717) is 22.5 Å². The molecule has 0 radical (unpaired) electrons. The number of hydrogen-bond donors (Lipinski definition) is 6. The highest BCUT2D eigenvalue weighted by molar-refractivity contribution is 6.24. The number of aliphatic hydroxyl groups excluding tert-OH is 2. The van der Waals surface area contributed by atoms with Crippen LogP contribution in [0.3, 0.4) is 0 Å². The zero-order valence-corrected chi connectivity index (χ0v) is 25.3. The summed E-state index contributed by atoms with van der Waals surface area (Å²) in [6, 6.07) is 5.49. The number of carbonyl (C=O) groups is 3. The molecule has 3 aliphatic rings. The van der Waals surface area contributed by atoms with Crippen molar-refractivity contribution in [2.24, 2.45) is 28.0 Å². The number of aliphatic hydroxyl groups is 3. The zero-order valence-electron chi connectivity index (χ0n) is 25.3. The fourth-order valence-corrected chi connectivity index (χ4v) is 6.58. The zero-order chi connectivity index (χ0) is 32.3. The summed E-state index contributed by atoms with van der Waals surface area (Å²) in [4.78, 5) is 50.0. The first-order valence-corrected chi connectivity index (χ1v) is 14.3. The minimum absolute atomic E-state index is 0.00348. The summed E-state index contributed by atoms with van der Waals surface area (Å²) in [6.07, 6.45) is 3.37. The fraction of sp³-hybridized carbons (Fsp3) is 0.406. The third-order valence-electron chi connectivity index (χ3n) is 8.57. The van der Waals surface area contributed by atoms with Crippen LogP contribution < -0.4 is 11.1 Å². The van der Waals surface area contributed by atoms with Crippen LogP contribution in [-0.2, 0) is 16.0 Å². The van der Waals surface area contributed by atoms with Crippen LogP contribution in [-0.4, -0.2) is 86.4 Å². The van der Waals surface area contributed by atoms with Gasteiger partial charge in [0, 0.05) is 23.6 Å². The molecule has 4 atom stereocenters. The van der Waals surface area contributed by atoms with Crippen LogP contribution in [0.1, 0.15) is 43.1 Å². The number of aliphatic imine (C=N–C) groups is 1. The number of phenols is 1. The van der Waals surface area contributed by atoms with Crippen molar-refractivity contribution in [2.75, 3.05) is 20.6 Å². The molecule has 1 aromatic heterocycles. The van der Waals surface area contributed by atoms with Gasteiger partial charge in [0.05, 0.1) is 35.5 Å². The molecule has 3 aliphatic carbocycles. The van der Waals surface area contributed by atoms with Crippen LogP contribution in [0.15, 0.2) is 58.1 Å². The van der Waals surface area contributed by atoms with Crippen LogP contribution in [0.2, 0.25) is 0 Å². The molecule has 1 heterocycles. The number of nitrogens with one attached hydrogen (secondary N) is 1. The Morgan fingerprint density at radius 3 is 2.48 bits per heavy atom. The van der Waals surface area contributed by atoms with E-state index in [9.17, 15) is 34.8 Å². The first-order chi connectivity index (χ1) is 20.6. The molecule has 12 nitrogen and oxygen atoms in total. The third kappa shape index (κ3) is 4.93. The van der Waals surface area contributed by atoms with Gasteiger partial charge in [-0.25, -0.2) is 4.99 Å². The molecule has 232 valence electrons. The van der Waals surface area contributed by atoms with E-state index in [1.165, 1.54) is 11.0 Å². The number of benzene rings is 1. The van der Waals surface area contributed by atoms with Crippen LogP contribution in [0.25, 0.3) is 11.3 Å². The average molecular weight is 604 g/mol. The number of nitrogens with two attached hydrogens (primary N) is 1. The van der Waals surface area contributed by atoms with Gasteiger partial charge in [0.1, 0.15) is 22.8 Å². The Bertz CT molecular complexity index is 1650. The number of carbonyl (C=O) groups excluding carboxylic acids is 3. The number of amides is 1. The lowest BCUT2D eigenvalue weighted by molar-refractivity contribution is -0.148. The molecule has 5 rings (SSSR count). The van der Waals surface area contributed by atoms with E-state index in [-0.39, 0.29) is 35.1 Å². The molecule has 0 spiro atoms. The fourth-order valence-electron chi connectivity index (χ4n) is 6.58. The molecule has 1 aromatic carbocycles. The Labute approximate surface area is 254 Å². The number of allylic oxidation sites excluding steroid dienone is 1. The van der Waals surface area contributed by atoms with E-state index in [1.54, 1.807) is 44.8 Å². The molecule has 0 fully saturated rings. The predicted octanol–water partition coefficient (Wildman–Crippen LogP) is 2.48. The van der Waals surface area contributed by atoms with Crippen molar-refractivity contribution >= 4 is 29.5 Å². The van der Waals surface area contributed by atoms with Crippen molar-refractivity contribution in [1.82, 2.24) is 15.2 Å². The van der Waals surface area contributed by atoms with E-state index < -0.39 is 58.0 Å². The normalized spacial score (nSPS) is 25.3. The Balaban J connectivity index is 1.56. The maximum Gasteiger partial charge on any atom is 0.255 e. The van der Waals surface area contributed by atoms with Gasteiger partial charge < -0.3 is 31.5 Å². The molecule has 0 bridgehead atoms. The molecular weight excluding hydrogens is 566 g/mol. The van der Waals surface area contributed by atoms with Crippen molar-refractivity contribution < 1.29 is 34.8 Å². The molecule has 44 heavy (non-hydrogen) atoms. The van der Waals surface area contributed by atoms with Gasteiger partial charge in [0.2, 0.25) is 5.78 Å². The molecule has 2 aromatic rings. The van der Waals surface area contributed by atoms with Crippen LogP contribution in [0.4, 0.5) is 5.69 Å². The summed E-state index contributed by atoms with van der Waals surface area (Å²) in [5, 5.41) is 48.1. The Kier molecular flexibility index (Phi) is 7.63. The summed E-state index contributed by atoms with van der Waals surface area (Å²) in [5.74, 6) is -6.91. The van der Waals surface area contributed by atoms with Crippen molar-refractivity contribution in [3.63, 3.8) is 0 Å². The lowest BCUT2D eigenvalue weighted by atomic mass is 9.58. The lowest BCUT2D eigenvalue weighted by Crippen LogP contribution is -2.63. The van der Waals surface area contributed by atoms with E-state index >= 15 is 0 Å². The standard InChI is InChI=1S/C32H37N5O7/c1-31(2,3)13-34-14-36-16-6-8-20(35-12-16)17-7-9-21(38)23-18(17)10-15-11-19-25(37(4)5)27(40)24(30(33)43)29(42)32(19,44)28(41)22(15)26(23)39/h6-9,12,14-15,19,25,38,40-41,44H,10-11,13H2,1-5H3,(H2,33,43)(H,34,36)/t15-,19-,25+,32-/m0/s1. The second kappa shape index (κ2) is 10.9. The van der Waals surface area contributed by atoms with Gasteiger partial charge in [-0.15, -0.1) is 0 Å². The summed E-state index contributed by atoms with van der Waals surface area (Å²) < 4.78 is 0. The minimum Gasteiger partial charge on any atom is -0.510 e. The van der Waals surface area contributed by atoms with E-state index in [2.05, 4.69) is 36.1 Å². The summed E-state index contributed by atoms with van der Waals surface area (Å²) in [5.41, 5.74) is 3.91. The van der Waals surface area contributed by atoms with Gasteiger partial charge >= 0.3 is 0 Å². The number of likely N-dealkylation sites (N-methyl/N-ethyl adjacent to an activating group) is 1. The topological polar surface area (TPSA) is 199 Å². The maximum atomic E-state index is 13.9. The second-order valence-electron chi connectivity index (χ2n) is 13.1.